The van der Waals surface area contributed by atoms with Gasteiger partial charge in [-0.25, -0.2) is 13.4 Å². The van der Waals surface area contributed by atoms with Gasteiger partial charge in [-0.05, 0) is 11.4 Å². The van der Waals surface area contributed by atoms with E-state index in [4.69, 9.17) is 0 Å². The predicted molar refractivity (Wildman–Crippen MR) is 55.0 cm³/mol. The number of nitrogens with one attached hydrogen (secondary N) is 1. The van der Waals surface area contributed by atoms with E-state index in [1.54, 1.807) is 11.4 Å². The monoisotopic (exact) mass is 247 g/mol. The number of thiophene rings is 1. The van der Waals surface area contributed by atoms with Crippen LogP contribution in [0.2, 0.25) is 0 Å². The molecule has 0 amide bonds. The Morgan fingerprint density at radius 3 is 2.86 bits per heavy atom. The van der Waals surface area contributed by atoms with E-state index < -0.39 is 10.0 Å². The molecule has 0 aliphatic rings. The zero-order chi connectivity index (χ0) is 10.0. The summed E-state index contributed by atoms with van der Waals surface area (Å²) in [6.07, 6.45) is 1.30. The summed E-state index contributed by atoms with van der Waals surface area (Å²) >= 11 is 2.16. The van der Waals surface area contributed by atoms with Crippen molar-refractivity contribution in [2.24, 2.45) is 0 Å². The second-order valence-electron chi connectivity index (χ2n) is 2.28. The fourth-order valence-corrected chi connectivity index (χ4v) is 3.45. The molecule has 0 aliphatic carbocycles. The average Bonchev–Trinajstić information content (AvgIpc) is 2.71. The van der Waals surface area contributed by atoms with Crippen molar-refractivity contribution in [2.45, 2.75) is 4.21 Å². The van der Waals surface area contributed by atoms with Gasteiger partial charge in [0, 0.05) is 11.5 Å². The zero-order valence-corrected chi connectivity index (χ0v) is 9.19. The van der Waals surface area contributed by atoms with Gasteiger partial charge in [-0.15, -0.1) is 11.3 Å². The largest absolute Gasteiger partial charge is 0.273 e. The first-order valence-electron chi connectivity index (χ1n) is 3.51. The van der Waals surface area contributed by atoms with Crippen molar-refractivity contribution in [3.63, 3.8) is 0 Å². The molecule has 74 valence electrons. The lowest BCUT2D eigenvalue weighted by Crippen LogP contribution is -2.10. The molecule has 0 fully saturated rings. The zero-order valence-electron chi connectivity index (χ0n) is 6.75. The molecule has 0 radical (unpaired) electrons. The summed E-state index contributed by atoms with van der Waals surface area (Å²) in [5.41, 5.74) is 0. The summed E-state index contributed by atoms with van der Waals surface area (Å²) < 4.78 is 29.5. The van der Waals surface area contributed by atoms with Crippen LogP contribution in [0.1, 0.15) is 0 Å². The second kappa shape index (κ2) is 3.64. The lowest BCUT2D eigenvalue weighted by molar-refractivity contribution is 0.603. The summed E-state index contributed by atoms with van der Waals surface area (Å²) in [5, 5.41) is 1.98. The molecule has 0 spiro atoms. The lowest BCUT2D eigenvalue weighted by Gasteiger charge is -2.00. The Kier molecular flexibility index (Phi) is 2.48. The van der Waals surface area contributed by atoms with Crippen molar-refractivity contribution in [3.05, 3.63) is 23.8 Å². The van der Waals surface area contributed by atoms with Crippen LogP contribution in [0.5, 0.6) is 0 Å². The number of rotatable bonds is 3. The maximum absolute atomic E-state index is 11.6. The van der Waals surface area contributed by atoms with Crippen LogP contribution in [0.4, 0.5) is 5.13 Å². The van der Waals surface area contributed by atoms with E-state index >= 15 is 0 Å². The lowest BCUT2D eigenvalue weighted by atomic mass is 10.7. The first-order valence-corrected chi connectivity index (χ1v) is 6.65. The number of hydrogen-bond donors (Lipinski definition) is 1. The fourth-order valence-electron chi connectivity index (χ4n) is 0.800. The Bertz CT molecular complexity index is 488. The molecule has 0 saturated heterocycles. The Morgan fingerprint density at radius 1 is 1.43 bits per heavy atom. The molecule has 0 saturated carbocycles. The van der Waals surface area contributed by atoms with E-state index in [9.17, 15) is 8.42 Å². The van der Waals surface area contributed by atoms with Crippen LogP contribution in [0.3, 0.4) is 0 Å². The third-order valence-electron chi connectivity index (χ3n) is 1.34. The molecule has 2 aromatic rings. The number of anilines is 1. The quantitative estimate of drug-likeness (QED) is 0.890. The molecule has 0 unspecified atom stereocenters. The topological polar surface area (TPSA) is 72.0 Å². The van der Waals surface area contributed by atoms with Gasteiger partial charge in [-0.3, -0.25) is 4.72 Å². The minimum atomic E-state index is -3.46. The molecule has 0 aromatic carbocycles. The molecule has 0 atom stereocenters. The molecule has 2 aromatic heterocycles. The Hall–Kier alpha value is -0.990. The third-order valence-corrected chi connectivity index (χ3v) is 4.79. The SMILES string of the molecule is O=S(=O)(Nc1ncns1)c1cccs1. The molecule has 8 heteroatoms. The highest BCUT2D eigenvalue weighted by Crippen LogP contribution is 2.19. The van der Waals surface area contributed by atoms with Crippen LogP contribution >= 0.6 is 22.9 Å². The van der Waals surface area contributed by atoms with Gasteiger partial charge in [-0.2, -0.15) is 4.37 Å². The highest BCUT2D eigenvalue weighted by Gasteiger charge is 2.16. The highest BCUT2D eigenvalue weighted by atomic mass is 32.2. The molecule has 1 N–H and O–H groups in total. The molecule has 2 rings (SSSR count). The molecular weight excluding hydrogens is 242 g/mol. The summed E-state index contributed by atoms with van der Waals surface area (Å²) in [5.74, 6) is 0. The van der Waals surface area contributed by atoms with Crippen molar-refractivity contribution in [1.82, 2.24) is 9.36 Å². The van der Waals surface area contributed by atoms with Crippen LogP contribution in [-0.4, -0.2) is 17.8 Å². The molecule has 0 aliphatic heterocycles. The summed E-state index contributed by atoms with van der Waals surface area (Å²) in [6, 6.07) is 3.22. The highest BCUT2D eigenvalue weighted by molar-refractivity contribution is 7.94. The molecule has 2 heterocycles. The predicted octanol–water partition coefficient (Wildman–Crippen LogP) is 1.40. The number of nitrogens with zero attached hydrogens (tertiary/aromatic N) is 2. The van der Waals surface area contributed by atoms with Gasteiger partial charge in [0.1, 0.15) is 10.5 Å². The van der Waals surface area contributed by atoms with Crippen molar-refractivity contribution >= 4 is 38.0 Å². The van der Waals surface area contributed by atoms with Gasteiger partial charge in [0.05, 0.1) is 0 Å². The molecule has 0 bridgehead atoms. The van der Waals surface area contributed by atoms with E-state index in [2.05, 4.69) is 14.1 Å². The van der Waals surface area contributed by atoms with Crippen molar-refractivity contribution in [2.75, 3.05) is 4.72 Å². The Labute approximate surface area is 88.7 Å². The first-order chi connectivity index (χ1) is 6.68. The van der Waals surface area contributed by atoms with E-state index in [1.807, 2.05) is 0 Å². The minimum Gasteiger partial charge on any atom is -0.253 e. The number of sulfonamides is 1. The van der Waals surface area contributed by atoms with Gasteiger partial charge in [0.25, 0.3) is 10.0 Å². The summed E-state index contributed by atoms with van der Waals surface area (Å²) in [7, 11) is -3.46. The summed E-state index contributed by atoms with van der Waals surface area (Å²) in [4.78, 5) is 3.73. The minimum absolute atomic E-state index is 0.271. The van der Waals surface area contributed by atoms with Crippen molar-refractivity contribution < 1.29 is 8.42 Å². The maximum atomic E-state index is 11.6. The van der Waals surface area contributed by atoms with Gasteiger partial charge in [0.15, 0.2) is 0 Å². The van der Waals surface area contributed by atoms with E-state index in [-0.39, 0.29) is 9.34 Å². The van der Waals surface area contributed by atoms with Crippen molar-refractivity contribution in [1.29, 1.82) is 0 Å². The van der Waals surface area contributed by atoms with Crippen molar-refractivity contribution in [3.8, 4) is 0 Å². The Balaban J connectivity index is 2.27. The van der Waals surface area contributed by atoms with E-state index in [0.717, 1.165) is 22.9 Å². The van der Waals surface area contributed by atoms with Crippen LogP contribution in [0.15, 0.2) is 28.0 Å². The van der Waals surface area contributed by atoms with E-state index in [1.165, 1.54) is 12.4 Å². The number of hydrogen-bond acceptors (Lipinski definition) is 6. The molecule has 5 nitrogen and oxygen atoms in total. The Morgan fingerprint density at radius 2 is 2.29 bits per heavy atom. The average molecular weight is 247 g/mol. The molecular formula is C6H5N3O2S3. The maximum Gasteiger partial charge on any atom is 0.273 e. The van der Waals surface area contributed by atoms with Crippen LogP contribution in [0.25, 0.3) is 0 Å². The second-order valence-corrected chi connectivity index (χ2v) is 5.92. The third kappa shape index (κ3) is 1.91. The first kappa shape index (κ1) is 9.56. The summed E-state index contributed by atoms with van der Waals surface area (Å²) in [6.45, 7) is 0. The van der Waals surface area contributed by atoms with Crippen LogP contribution in [0, 0.1) is 0 Å². The smallest absolute Gasteiger partial charge is 0.253 e. The van der Waals surface area contributed by atoms with Gasteiger partial charge in [0.2, 0.25) is 5.13 Å². The fraction of sp³-hybridized carbons (Fsp3) is 0. The standard InChI is InChI=1S/C6H5N3O2S3/c10-14(11,5-2-1-3-12-5)9-6-7-4-8-13-6/h1-4H,(H,7,8,9). The van der Waals surface area contributed by atoms with Gasteiger partial charge in [-0.1, -0.05) is 6.07 Å². The van der Waals surface area contributed by atoms with Gasteiger partial charge < -0.3 is 0 Å². The number of aromatic nitrogens is 2. The van der Waals surface area contributed by atoms with E-state index in [0.29, 0.717) is 0 Å². The van der Waals surface area contributed by atoms with Crippen LogP contribution < -0.4 is 4.72 Å². The van der Waals surface area contributed by atoms with Crippen LogP contribution in [-0.2, 0) is 10.0 Å². The normalized spacial score (nSPS) is 11.4. The molecule has 14 heavy (non-hydrogen) atoms. The van der Waals surface area contributed by atoms with Gasteiger partial charge >= 0.3 is 0 Å².